The molecule has 1 aromatic rings. The Balaban J connectivity index is 2.66. The van der Waals surface area contributed by atoms with Gasteiger partial charge in [0, 0.05) is 24.5 Å². The standard InChI is InChI=1S/C15H29N3S/c1-7-18(10-12(4)5)15-17-13(6)14(19-15)9-16-8-11(2)3/h11-12,16H,7-10H2,1-6H3. The van der Waals surface area contributed by atoms with Crippen LogP contribution in [0.15, 0.2) is 0 Å². The second-order valence-corrected chi connectivity index (χ2v) is 7.02. The van der Waals surface area contributed by atoms with Gasteiger partial charge in [-0.25, -0.2) is 4.98 Å². The molecule has 1 aromatic heterocycles. The Morgan fingerprint density at radius 3 is 2.42 bits per heavy atom. The summed E-state index contributed by atoms with van der Waals surface area (Å²) in [5.41, 5.74) is 1.18. The van der Waals surface area contributed by atoms with Gasteiger partial charge in [-0.05, 0) is 32.2 Å². The van der Waals surface area contributed by atoms with E-state index in [1.165, 1.54) is 15.7 Å². The third-order valence-corrected chi connectivity index (χ3v) is 4.18. The summed E-state index contributed by atoms with van der Waals surface area (Å²) in [6, 6.07) is 0. The molecule has 19 heavy (non-hydrogen) atoms. The Bertz CT molecular complexity index is 371. The zero-order valence-electron chi connectivity index (χ0n) is 13.3. The van der Waals surface area contributed by atoms with E-state index >= 15 is 0 Å². The molecule has 0 aromatic carbocycles. The van der Waals surface area contributed by atoms with E-state index in [0.29, 0.717) is 11.8 Å². The topological polar surface area (TPSA) is 28.2 Å². The van der Waals surface area contributed by atoms with Crippen LogP contribution in [-0.4, -0.2) is 24.6 Å². The molecule has 0 atom stereocenters. The Morgan fingerprint density at radius 1 is 1.21 bits per heavy atom. The third kappa shape index (κ3) is 5.49. The lowest BCUT2D eigenvalue weighted by Crippen LogP contribution is -2.26. The van der Waals surface area contributed by atoms with E-state index in [1.54, 1.807) is 0 Å². The Morgan fingerprint density at radius 2 is 1.89 bits per heavy atom. The van der Waals surface area contributed by atoms with Gasteiger partial charge in [0.1, 0.15) is 0 Å². The first-order valence-electron chi connectivity index (χ1n) is 7.36. The molecule has 1 rings (SSSR count). The first-order chi connectivity index (χ1) is 8.93. The van der Waals surface area contributed by atoms with Crippen molar-refractivity contribution in [1.82, 2.24) is 10.3 Å². The minimum atomic E-state index is 0.673. The lowest BCUT2D eigenvalue weighted by molar-refractivity contribution is 0.554. The SMILES string of the molecule is CCN(CC(C)C)c1nc(C)c(CNCC(C)C)s1. The molecule has 0 saturated carbocycles. The quantitative estimate of drug-likeness (QED) is 0.789. The molecule has 0 aliphatic rings. The molecule has 3 nitrogen and oxygen atoms in total. The molecule has 4 heteroatoms. The zero-order chi connectivity index (χ0) is 14.4. The number of anilines is 1. The Labute approximate surface area is 122 Å². The van der Waals surface area contributed by atoms with Gasteiger partial charge in [-0.3, -0.25) is 0 Å². The van der Waals surface area contributed by atoms with E-state index in [0.717, 1.165) is 26.2 Å². The molecule has 0 fully saturated rings. The fourth-order valence-electron chi connectivity index (χ4n) is 1.97. The zero-order valence-corrected chi connectivity index (χ0v) is 14.1. The summed E-state index contributed by atoms with van der Waals surface area (Å²) >= 11 is 1.84. The van der Waals surface area contributed by atoms with E-state index < -0.39 is 0 Å². The Hall–Kier alpha value is -0.610. The second kappa shape index (κ2) is 7.85. The maximum absolute atomic E-state index is 4.74. The van der Waals surface area contributed by atoms with Crippen molar-refractivity contribution in [2.45, 2.75) is 48.1 Å². The molecular weight excluding hydrogens is 254 g/mol. The molecule has 110 valence electrons. The summed E-state index contributed by atoms with van der Waals surface area (Å²) < 4.78 is 0. The highest BCUT2D eigenvalue weighted by Gasteiger charge is 2.13. The van der Waals surface area contributed by atoms with Gasteiger partial charge in [-0.1, -0.05) is 27.7 Å². The average molecular weight is 283 g/mol. The number of thiazole rings is 1. The number of nitrogens with one attached hydrogen (secondary N) is 1. The molecule has 1 N–H and O–H groups in total. The van der Waals surface area contributed by atoms with E-state index in [2.05, 4.69) is 51.8 Å². The van der Waals surface area contributed by atoms with Crippen LogP contribution in [-0.2, 0) is 6.54 Å². The van der Waals surface area contributed by atoms with Crippen LogP contribution in [0.3, 0.4) is 0 Å². The molecule has 0 bridgehead atoms. The van der Waals surface area contributed by atoms with E-state index in [-0.39, 0.29) is 0 Å². The molecule has 0 radical (unpaired) electrons. The number of nitrogens with zero attached hydrogens (tertiary/aromatic N) is 2. The van der Waals surface area contributed by atoms with Crippen molar-refractivity contribution in [2.75, 3.05) is 24.5 Å². The maximum atomic E-state index is 4.74. The van der Waals surface area contributed by atoms with Crippen LogP contribution in [0, 0.1) is 18.8 Å². The van der Waals surface area contributed by atoms with Crippen LogP contribution < -0.4 is 10.2 Å². The van der Waals surface area contributed by atoms with Gasteiger partial charge >= 0.3 is 0 Å². The molecular formula is C15H29N3S. The van der Waals surface area contributed by atoms with Crippen molar-refractivity contribution >= 4 is 16.5 Å². The van der Waals surface area contributed by atoms with Crippen molar-refractivity contribution in [2.24, 2.45) is 11.8 Å². The molecule has 0 aliphatic carbocycles. The molecule has 0 unspecified atom stereocenters. The monoisotopic (exact) mass is 283 g/mol. The highest BCUT2D eigenvalue weighted by molar-refractivity contribution is 7.15. The van der Waals surface area contributed by atoms with Crippen molar-refractivity contribution < 1.29 is 0 Å². The highest BCUT2D eigenvalue weighted by Crippen LogP contribution is 2.26. The van der Waals surface area contributed by atoms with Crippen LogP contribution in [0.25, 0.3) is 0 Å². The lowest BCUT2D eigenvalue weighted by Gasteiger charge is -2.21. The van der Waals surface area contributed by atoms with Gasteiger partial charge in [-0.2, -0.15) is 0 Å². The van der Waals surface area contributed by atoms with Crippen LogP contribution in [0.2, 0.25) is 0 Å². The minimum Gasteiger partial charge on any atom is -0.348 e. The van der Waals surface area contributed by atoms with Gasteiger partial charge in [0.05, 0.1) is 5.69 Å². The van der Waals surface area contributed by atoms with Gasteiger partial charge in [0.15, 0.2) is 5.13 Å². The number of hydrogen-bond acceptors (Lipinski definition) is 4. The first-order valence-corrected chi connectivity index (χ1v) is 8.17. The number of rotatable bonds is 8. The normalized spacial score (nSPS) is 11.6. The van der Waals surface area contributed by atoms with E-state index in [1.807, 2.05) is 11.3 Å². The summed E-state index contributed by atoms with van der Waals surface area (Å²) in [6.45, 7) is 17.4. The number of hydrogen-bond donors (Lipinski definition) is 1. The second-order valence-electron chi connectivity index (χ2n) is 5.96. The molecule has 0 spiro atoms. The van der Waals surface area contributed by atoms with Crippen LogP contribution in [0.5, 0.6) is 0 Å². The first kappa shape index (κ1) is 16.4. The van der Waals surface area contributed by atoms with Crippen molar-refractivity contribution in [1.29, 1.82) is 0 Å². The summed E-state index contributed by atoms with van der Waals surface area (Å²) in [6.07, 6.45) is 0. The Kier molecular flexibility index (Phi) is 6.80. The van der Waals surface area contributed by atoms with Crippen LogP contribution in [0.4, 0.5) is 5.13 Å². The van der Waals surface area contributed by atoms with Crippen LogP contribution >= 0.6 is 11.3 Å². The largest absolute Gasteiger partial charge is 0.348 e. The van der Waals surface area contributed by atoms with Gasteiger partial charge in [-0.15, -0.1) is 11.3 Å². The minimum absolute atomic E-state index is 0.673. The number of aryl methyl sites for hydroxylation is 1. The predicted molar refractivity (Wildman–Crippen MR) is 86.1 cm³/mol. The fourth-order valence-corrected chi connectivity index (χ4v) is 3.07. The van der Waals surface area contributed by atoms with Crippen molar-refractivity contribution in [3.8, 4) is 0 Å². The average Bonchev–Trinajstić information content (AvgIpc) is 2.67. The summed E-state index contributed by atoms with van der Waals surface area (Å²) in [5.74, 6) is 1.37. The van der Waals surface area contributed by atoms with E-state index in [9.17, 15) is 0 Å². The summed E-state index contributed by atoms with van der Waals surface area (Å²) in [4.78, 5) is 8.49. The molecule has 1 heterocycles. The van der Waals surface area contributed by atoms with E-state index in [4.69, 9.17) is 4.98 Å². The number of aromatic nitrogens is 1. The predicted octanol–water partition coefficient (Wildman–Crippen LogP) is 3.68. The molecule has 0 saturated heterocycles. The van der Waals surface area contributed by atoms with Gasteiger partial charge < -0.3 is 10.2 Å². The highest BCUT2D eigenvalue weighted by atomic mass is 32.1. The third-order valence-electron chi connectivity index (χ3n) is 2.96. The summed E-state index contributed by atoms with van der Waals surface area (Å²) in [5, 5.41) is 4.68. The van der Waals surface area contributed by atoms with Crippen molar-refractivity contribution in [3.63, 3.8) is 0 Å². The molecule has 0 amide bonds. The maximum Gasteiger partial charge on any atom is 0.185 e. The van der Waals surface area contributed by atoms with Crippen LogP contribution in [0.1, 0.15) is 45.2 Å². The van der Waals surface area contributed by atoms with Gasteiger partial charge in [0.2, 0.25) is 0 Å². The summed E-state index contributed by atoms with van der Waals surface area (Å²) in [7, 11) is 0. The van der Waals surface area contributed by atoms with Gasteiger partial charge in [0.25, 0.3) is 0 Å². The molecule has 0 aliphatic heterocycles. The smallest absolute Gasteiger partial charge is 0.185 e. The van der Waals surface area contributed by atoms with Crippen molar-refractivity contribution in [3.05, 3.63) is 10.6 Å². The lowest BCUT2D eigenvalue weighted by atomic mass is 10.2. The fraction of sp³-hybridized carbons (Fsp3) is 0.800.